The summed E-state index contributed by atoms with van der Waals surface area (Å²) in [6.45, 7) is 1.56. The van der Waals surface area contributed by atoms with Crippen LogP contribution in [0.1, 0.15) is 31.2 Å². The van der Waals surface area contributed by atoms with E-state index in [0.717, 1.165) is 35.4 Å². The summed E-state index contributed by atoms with van der Waals surface area (Å²) < 4.78 is 22.2. The normalized spacial score (nSPS) is 14.5. The fraction of sp³-hybridized carbons (Fsp3) is 0.367. The van der Waals surface area contributed by atoms with Crippen LogP contribution in [0.25, 0.3) is 11.0 Å². The Morgan fingerprint density at radius 3 is 2.56 bits per heavy atom. The number of carbonyl (C=O) groups is 2. The maximum Gasteiger partial charge on any atom is 0.324 e. The number of imidazole rings is 1. The molecule has 2 aromatic carbocycles. The lowest BCUT2D eigenvalue weighted by Crippen LogP contribution is -2.46. The third-order valence-corrected chi connectivity index (χ3v) is 7.72. The number of carbonyl (C=O) groups excluding carboxylic acids is 1. The molecule has 1 unspecified atom stereocenters. The molecule has 4 aromatic rings. The van der Waals surface area contributed by atoms with Crippen molar-refractivity contribution in [3.63, 3.8) is 0 Å². The number of para-hydroxylation sites is 2. The summed E-state index contributed by atoms with van der Waals surface area (Å²) in [6.07, 6.45) is 2.58. The number of anilines is 2. The summed E-state index contributed by atoms with van der Waals surface area (Å²) in [5.41, 5.74) is 8.21. The zero-order chi connectivity index (χ0) is 30.5. The largest absolute Gasteiger partial charge is 0.481 e. The minimum absolute atomic E-state index is 0.0419. The van der Waals surface area contributed by atoms with Gasteiger partial charge in [-0.05, 0) is 49.1 Å². The molecule has 2 aromatic heterocycles. The predicted molar refractivity (Wildman–Crippen MR) is 158 cm³/mol. The minimum atomic E-state index is -1.11. The highest BCUT2D eigenvalue weighted by atomic mass is 19.1. The first kappa shape index (κ1) is 29.7. The predicted octanol–water partition coefficient (Wildman–Crippen LogP) is 2.58. The molecule has 0 radical (unpaired) electrons. The summed E-state index contributed by atoms with van der Waals surface area (Å²) >= 11 is 0. The van der Waals surface area contributed by atoms with Crippen molar-refractivity contribution in [3.05, 3.63) is 82.5 Å². The molecule has 43 heavy (non-hydrogen) atoms. The second-order valence-electron chi connectivity index (χ2n) is 10.6. The zero-order valence-electron chi connectivity index (χ0n) is 23.8. The third kappa shape index (κ3) is 6.83. The van der Waals surface area contributed by atoms with Gasteiger partial charge in [-0.2, -0.15) is 0 Å². The minimum Gasteiger partial charge on any atom is -0.481 e. The number of hydrogen-bond donors (Lipinski definition) is 2. The first-order chi connectivity index (χ1) is 20.7. The van der Waals surface area contributed by atoms with Crippen LogP contribution >= 0.6 is 0 Å². The standard InChI is InChI=1S/C30H34FN7O5/c1-35(29-33-15-12-26(39)38(29)19-43-28(42)23(32)10-11-27(40)41)22-13-16-36(17-14-22)30-34-24-4-2-3-5-25(24)37(30)18-20-6-8-21(31)9-7-20/h2-9,12,15,22-23H,10-11,13-14,16-19,32H2,1H3,(H,40,41). The SMILES string of the molecule is CN(c1nccc(=O)n1COC(=O)C(N)CCC(=O)O)C1CCN(c2nc3ccccc3n2Cc2ccc(F)cc2)CC1. The molecule has 13 heteroatoms. The second-order valence-corrected chi connectivity index (χ2v) is 10.6. The molecule has 226 valence electrons. The number of carboxylic acid groups (broad SMARTS) is 1. The quantitative estimate of drug-likeness (QED) is 0.249. The van der Waals surface area contributed by atoms with E-state index in [2.05, 4.69) is 14.5 Å². The van der Waals surface area contributed by atoms with Crippen LogP contribution in [-0.4, -0.2) is 68.4 Å². The lowest BCUT2D eigenvalue weighted by Gasteiger charge is -2.38. The van der Waals surface area contributed by atoms with Gasteiger partial charge in [0.15, 0.2) is 6.73 Å². The van der Waals surface area contributed by atoms with Gasteiger partial charge in [0.05, 0.1) is 17.6 Å². The molecule has 1 saturated heterocycles. The molecule has 12 nitrogen and oxygen atoms in total. The number of benzene rings is 2. The number of aromatic nitrogens is 4. The van der Waals surface area contributed by atoms with Gasteiger partial charge in [-0.25, -0.2) is 18.9 Å². The summed E-state index contributed by atoms with van der Waals surface area (Å²) in [5.74, 6) is -0.940. The van der Waals surface area contributed by atoms with Crippen molar-refractivity contribution in [3.8, 4) is 0 Å². The molecule has 0 spiro atoms. The molecule has 0 bridgehead atoms. The number of ether oxygens (including phenoxy) is 1. The summed E-state index contributed by atoms with van der Waals surface area (Å²) in [5, 5.41) is 8.82. The Morgan fingerprint density at radius 1 is 1.12 bits per heavy atom. The van der Waals surface area contributed by atoms with Gasteiger partial charge in [-0.15, -0.1) is 0 Å². The van der Waals surface area contributed by atoms with Gasteiger partial charge in [-0.1, -0.05) is 24.3 Å². The van der Waals surface area contributed by atoms with Crippen molar-refractivity contribution in [2.45, 2.75) is 51.0 Å². The Morgan fingerprint density at radius 2 is 1.84 bits per heavy atom. The molecular weight excluding hydrogens is 557 g/mol. The van der Waals surface area contributed by atoms with E-state index < -0.39 is 30.3 Å². The number of piperidine rings is 1. The van der Waals surface area contributed by atoms with Crippen molar-refractivity contribution in [1.82, 2.24) is 19.1 Å². The molecule has 3 N–H and O–H groups in total. The molecule has 1 aliphatic rings. The van der Waals surface area contributed by atoms with E-state index in [1.165, 1.54) is 29.0 Å². The molecule has 3 heterocycles. The lowest BCUT2D eigenvalue weighted by molar-refractivity contribution is -0.149. The van der Waals surface area contributed by atoms with Crippen molar-refractivity contribution in [1.29, 1.82) is 0 Å². The Balaban J connectivity index is 1.28. The van der Waals surface area contributed by atoms with Gasteiger partial charge in [-0.3, -0.25) is 14.4 Å². The molecule has 1 atom stereocenters. The molecule has 0 amide bonds. The Bertz CT molecular complexity index is 1650. The van der Waals surface area contributed by atoms with E-state index in [1.807, 2.05) is 36.2 Å². The first-order valence-electron chi connectivity index (χ1n) is 14.1. The van der Waals surface area contributed by atoms with Gasteiger partial charge >= 0.3 is 11.9 Å². The monoisotopic (exact) mass is 591 g/mol. The molecular formula is C30H34FN7O5. The first-order valence-corrected chi connectivity index (χ1v) is 14.1. The van der Waals surface area contributed by atoms with Crippen LogP contribution in [0.4, 0.5) is 16.3 Å². The van der Waals surface area contributed by atoms with Crippen LogP contribution in [0.3, 0.4) is 0 Å². The van der Waals surface area contributed by atoms with Crippen molar-refractivity contribution in [2.75, 3.05) is 29.9 Å². The third-order valence-electron chi connectivity index (χ3n) is 7.72. The van der Waals surface area contributed by atoms with E-state index in [1.54, 1.807) is 12.1 Å². The summed E-state index contributed by atoms with van der Waals surface area (Å²) in [4.78, 5) is 49.3. The summed E-state index contributed by atoms with van der Waals surface area (Å²) in [6, 6.07) is 14.6. The van der Waals surface area contributed by atoms with Gasteiger partial charge in [0.25, 0.3) is 5.56 Å². The Hall–Kier alpha value is -4.78. The van der Waals surface area contributed by atoms with E-state index in [9.17, 15) is 18.8 Å². The number of nitrogens with zero attached hydrogens (tertiary/aromatic N) is 6. The number of aliphatic carboxylic acids is 1. The molecule has 0 saturated carbocycles. The van der Waals surface area contributed by atoms with Gasteiger partial charge in [0.1, 0.15) is 11.9 Å². The number of halogens is 1. The number of hydrogen-bond acceptors (Lipinski definition) is 9. The van der Waals surface area contributed by atoms with Crippen molar-refractivity contribution >= 4 is 34.9 Å². The summed E-state index contributed by atoms with van der Waals surface area (Å²) in [7, 11) is 1.85. The maximum atomic E-state index is 13.5. The molecule has 1 fully saturated rings. The van der Waals surface area contributed by atoms with Gasteiger partial charge in [0.2, 0.25) is 11.9 Å². The number of nitrogens with two attached hydrogens (primary N) is 1. The van der Waals surface area contributed by atoms with Crippen LogP contribution in [0.15, 0.2) is 65.6 Å². The Kier molecular flexibility index (Phi) is 9.00. The highest BCUT2D eigenvalue weighted by Crippen LogP contribution is 2.28. The van der Waals surface area contributed by atoms with Crippen LogP contribution in [0.2, 0.25) is 0 Å². The average Bonchev–Trinajstić information content (AvgIpc) is 3.38. The highest BCUT2D eigenvalue weighted by Gasteiger charge is 2.28. The molecule has 1 aliphatic heterocycles. The van der Waals surface area contributed by atoms with Crippen LogP contribution in [0, 0.1) is 5.82 Å². The Labute approximate surface area is 247 Å². The van der Waals surface area contributed by atoms with Crippen molar-refractivity contribution < 1.29 is 23.8 Å². The fourth-order valence-electron chi connectivity index (χ4n) is 5.31. The lowest BCUT2D eigenvalue weighted by atomic mass is 10.0. The van der Waals surface area contributed by atoms with Crippen LogP contribution < -0.4 is 21.1 Å². The highest BCUT2D eigenvalue weighted by molar-refractivity contribution is 5.79. The van der Waals surface area contributed by atoms with E-state index in [0.29, 0.717) is 25.6 Å². The maximum absolute atomic E-state index is 13.5. The number of fused-ring (bicyclic) bond motifs is 1. The smallest absolute Gasteiger partial charge is 0.324 e. The number of rotatable bonds is 11. The molecule has 5 rings (SSSR count). The average molecular weight is 592 g/mol. The van der Waals surface area contributed by atoms with Gasteiger partial charge in [0, 0.05) is 44.9 Å². The molecule has 0 aliphatic carbocycles. The number of esters is 1. The van der Waals surface area contributed by atoms with Gasteiger partial charge < -0.3 is 29.9 Å². The second kappa shape index (κ2) is 13.0. The number of carboxylic acids is 1. The topological polar surface area (TPSA) is 149 Å². The van der Waals surface area contributed by atoms with Crippen molar-refractivity contribution in [2.24, 2.45) is 5.73 Å². The van der Waals surface area contributed by atoms with E-state index in [-0.39, 0.29) is 24.7 Å². The van der Waals surface area contributed by atoms with Crippen LogP contribution in [-0.2, 0) is 27.6 Å². The van der Waals surface area contributed by atoms with E-state index in [4.69, 9.17) is 20.6 Å². The zero-order valence-corrected chi connectivity index (χ0v) is 23.8. The van der Waals surface area contributed by atoms with Crippen LogP contribution in [0.5, 0.6) is 0 Å². The fourth-order valence-corrected chi connectivity index (χ4v) is 5.31. The van der Waals surface area contributed by atoms with E-state index >= 15 is 0 Å².